The Morgan fingerprint density at radius 2 is 1.37 bits per heavy atom. The van der Waals surface area contributed by atoms with Gasteiger partial charge in [0.05, 0.1) is 0 Å². The Morgan fingerprint density at radius 1 is 0.947 bits per heavy atom. The van der Waals surface area contributed by atoms with Crippen LogP contribution in [0.3, 0.4) is 0 Å². The van der Waals surface area contributed by atoms with Crippen molar-refractivity contribution in [1.82, 2.24) is 0 Å². The van der Waals surface area contributed by atoms with Crippen molar-refractivity contribution in [3.63, 3.8) is 0 Å². The summed E-state index contributed by atoms with van der Waals surface area (Å²) >= 11 is 0. The van der Waals surface area contributed by atoms with E-state index in [4.69, 9.17) is 5.41 Å². The molecule has 0 saturated carbocycles. The number of nitrogens with one attached hydrogen (secondary N) is 1. The van der Waals surface area contributed by atoms with Crippen LogP contribution >= 0.6 is 0 Å². The molecule has 0 aromatic heterocycles. The maximum atomic E-state index is 8.47. The lowest BCUT2D eigenvalue weighted by molar-refractivity contribution is 0.566. The van der Waals surface area contributed by atoms with E-state index in [0.717, 1.165) is 18.6 Å². The molecule has 0 saturated heterocycles. The summed E-state index contributed by atoms with van der Waals surface area (Å²) < 4.78 is 0. The van der Waals surface area contributed by atoms with Gasteiger partial charge in [-0.1, -0.05) is 73.1 Å². The summed E-state index contributed by atoms with van der Waals surface area (Å²) in [5.41, 5.74) is 4.74. The van der Waals surface area contributed by atoms with Crippen molar-refractivity contribution in [2.24, 2.45) is 0 Å². The molecule has 1 rings (SSSR count). The molecule has 0 radical (unpaired) electrons. The van der Waals surface area contributed by atoms with Gasteiger partial charge in [0.1, 0.15) is 0 Å². The van der Waals surface area contributed by atoms with E-state index in [1.807, 2.05) is 0 Å². The first-order valence-corrected chi connectivity index (χ1v) is 7.30. The number of rotatable bonds is 3. The molecular formula is C18H29N. The van der Waals surface area contributed by atoms with Crippen molar-refractivity contribution in [3.05, 3.63) is 34.9 Å². The topological polar surface area (TPSA) is 23.9 Å². The van der Waals surface area contributed by atoms with Gasteiger partial charge < -0.3 is 5.41 Å². The predicted molar refractivity (Wildman–Crippen MR) is 85.6 cm³/mol. The van der Waals surface area contributed by atoms with Crippen LogP contribution in [-0.4, -0.2) is 5.71 Å². The summed E-state index contributed by atoms with van der Waals surface area (Å²) in [6, 6.07) is 6.52. The molecule has 1 aromatic carbocycles. The smallest absolute Gasteiger partial charge is 0.0392 e. The molecule has 1 heteroatoms. The van der Waals surface area contributed by atoms with E-state index in [2.05, 4.69) is 66.7 Å². The minimum Gasteiger partial charge on any atom is -0.305 e. The molecule has 0 aliphatic rings. The molecule has 0 atom stereocenters. The lowest BCUT2D eigenvalue weighted by Gasteiger charge is -2.30. The Hall–Kier alpha value is -1.11. The fourth-order valence-electron chi connectivity index (χ4n) is 2.50. The van der Waals surface area contributed by atoms with E-state index in [9.17, 15) is 0 Å². The maximum Gasteiger partial charge on any atom is 0.0392 e. The SMILES string of the molecule is CCCC(=N)c1c(C(C)(C)C)cccc1C(C)(C)C. The van der Waals surface area contributed by atoms with Gasteiger partial charge in [0.25, 0.3) is 0 Å². The van der Waals surface area contributed by atoms with E-state index in [1.165, 1.54) is 16.7 Å². The number of hydrogen-bond donors (Lipinski definition) is 1. The van der Waals surface area contributed by atoms with Crippen molar-refractivity contribution >= 4 is 5.71 Å². The van der Waals surface area contributed by atoms with Gasteiger partial charge in [0.15, 0.2) is 0 Å². The van der Waals surface area contributed by atoms with Crippen LogP contribution in [-0.2, 0) is 10.8 Å². The lowest BCUT2D eigenvalue weighted by atomic mass is 9.74. The summed E-state index contributed by atoms with van der Waals surface area (Å²) in [5.74, 6) is 0. The summed E-state index contributed by atoms with van der Waals surface area (Å²) in [6.07, 6.45) is 1.89. The molecule has 1 aromatic rings. The Labute approximate surface area is 118 Å². The number of benzene rings is 1. The Morgan fingerprint density at radius 3 is 1.68 bits per heavy atom. The predicted octanol–water partition coefficient (Wildman–Crippen LogP) is 5.45. The van der Waals surface area contributed by atoms with Crippen LogP contribution in [0.25, 0.3) is 0 Å². The first-order valence-electron chi connectivity index (χ1n) is 7.30. The van der Waals surface area contributed by atoms with Gasteiger partial charge in [-0.25, -0.2) is 0 Å². The molecule has 0 bridgehead atoms. The molecule has 0 aliphatic heterocycles. The second-order valence-electron chi connectivity index (χ2n) is 7.46. The van der Waals surface area contributed by atoms with Gasteiger partial charge in [0.2, 0.25) is 0 Å². The van der Waals surface area contributed by atoms with Gasteiger partial charge >= 0.3 is 0 Å². The monoisotopic (exact) mass is 259 g/mol. The summed E-state index contributed by atoms with van der Waals surface area (Å²) in [7, 11) is 0. The van der Waals surface area contributed by atoms with Gasteiger partial charge in [-0.15, -0.1) is 0 Å². The Balaban J connectivity index is 3.55. The molecular weight excluding hydrogens is 230 g/mol. The average Bonchev–Trinajstić information content (AvgIpc) is 2.26. The first-order chi connectivity index (χ1) is 8.59. The van der Waals surface area contributed by atoms with Gasteiger partial charge in [-0.2, -0.15) is 0 Å². The zero-order valence-corrected chi connectivity index (χ0v) is 13.6. The van der Waals surface area contributed by atoms with Gasteiger partial charge in [-0.3, -0.25) is 0 Å². The standard InChI is InChI=1S/C18H29N/c1-8-10-15(19)16-13(17(2,3)4)11-9-12-14(16)18(5,6)7/h9,11-12,19H,8,10H2,1-7H3. The molecule has 0 heterocycles. The largest absolute Gasteiger partial charge is 0.305 e. The highest BCUT2D eigenvalue weighted by Crippen LogP contribution is 2.34. The van der Waals surface area contributed by atoms with E-state index in [-0.39, 0.29) is 10.8 Å². The van der Waals surface area contributed by atoms with Crippen LogP contribution in [0.5, 0.6) is 0 Å². The third-order valence-electron chi connectivity index (χ3n) is 3.48. The minimum atomic E-state index is 0.0800. The zero-order chi connectivity index (χ0) is 14.8. The molecule has 0 aliphatic carbocycles. The van der Waals surface area contributed by atoms with E-state index in [0.29, 0.717) is 0 Å². The van der Waals surface area contributed by atoms with Crippen molar-refractivity contribution in [1.29, 1.82) is 5.41 Å². The van der Waals surface area contributed by atoms with E-state index >= 15 is 0 Å². The maximum absolute atomic E-state index is 8.47. The highest BCUT2D eigenvalue weighted by molar-refractivity contribution is 6.01. The normalized spacial score (nSPS) is 12.6. The molecule has 0 unspecified atom stereocenters. The first kappa shape index (κ1) is 15.9. The molecule has 0 fully saturated rings. The highest BCUT2D eigenvalue weighted by atomic mass is 14.4. The molecule has 0 spiro atoms. The van der Waals surface area contributed by atoms with Crippen LogP contribution < -0.4 is 0 Å². The van der Waals surface area contributed by atoms with Crippen LogP contribution in [0.15, 0.2) is 18.2 Å². The summed E-state index contributed by atoms with van der Waals surface area (Å²) in [5, 5.41) is 8.47. The van der Waals surface area contributed by atoms with Crippen molar-refractivity contribution in [2.75, 3.05) is 0 Å². The quantitative estimate of drug-likeness (QED) is 0.698. The number of hydrogen-bond acceptors (Lipinski definition) is 1. The molecule has 1 nitrogen and oxygen atoms in total. The fourth-order valence-corrected chi connectivity index (χ4v) is 2.50. The highest BCUT2D eigenvalue weighted by Gasteiger charge is 2.26. The molecule has 19 heavy (non-hydrogen) atoms. The summed E-state index contributed by atoms with van der Waals surface area (Å²) in [6.45, 7) is 15.5. The third-order valence-corrected chi connectivity index (χ3v) is 3.48. The van der Waals surface area contributed by atoms with E-state index in [1.54, 1.807) is 0 Å². The van der Waals surface area contributed by atoms with Crippen molar-refractivity contribution < 1.29 is 0 Å². The van der Waals surface area contributed by atoms with Crippen molar-refractivity contribution in [3.8, 4) is 0 Å². The zero-order valence-electron chi connectivity index (χ0n) is 13.6. The van der Waals surface area contributed by atoms with Crippen LogP contribution in [0.2, 0.25) is 0 Å². The average molecular weight is 259 g/mol. The molecule has 1 N–H and O–H groups in total. The minimum absolute atomic E-state index is 0.0800. The Bertz CT molecular complexity index is 423. The third kappa shape index (κ3) is 3.68. The van der Waals surface area contributed by atoms with E-state index < -0.39 is 0 Å². The van der Waals surface area contributed by atoms with Crippen LogP contribution in [0.1, 0.15) is 78.0 Å². The second kappa shape index (κ2) is 5.48. The lowest BCUT2D eigenvalue weighted by Crippen LogP contribution is -2.23. The van der Waals surface area contributed by atoms with Crippen LogP contribution in [0, 0.1) is 5.41 Å². The second-order valence-corrected chi connectivity index (χ2v) is 7.46. The van der Waals surface area contributed by atoms with Crippen LogP contribution in [0.4, 0.5) is 0 Å². The Kier molecular flexibility index (Phi) is 4.60. The summed E-state index contributed by atoms with van der Waals surface area (Å²) in [4.78, 5) is 0. The van der Waals surface area contributed by atoms with Gasteiger partial charge in [0, 0.05) is 11.3 Å². The van der Waals surface area contributed by atoms with Crippen molar-refractivity contribution in [2.45, 2.75) is 72.1 Å². The molecule has 0 amide bonds. The fraction of sp³-hybridized carbons (Fsp3) is 0.611. The van der Waals surface area contributed by atoms with Gasteiger partial charge in [-0.05, 0) is 28.4 Å². The molecule has 106 valence electrons.